The molecular weight excluding hydrogens is 380 g/mol. The van der Waals surface area contributed by atoms with E-state index in [1.807, 2.05) is 18.2 Å². The smallest absolute Gasteiger partial charge is 0.261 e. The van der Waals surface area contributed by atoms with Gasteiger partial charge in [-0.1, -0.05) is 23.9 Å². The van der Waals surface area contributed by atoms with Gasteiger partial charge in [0.15, 0.2) is 5.16 Å². The van der Waals surface area contributed by atoms with Crippen LogP contribution < -0.4 is 11.1 Å². The number of hydrogen-bond donors (Lipinski definition) is 1. The summed E-state index contributed by atoms with van der Waals surface area (Å²) in [6.45, 7) is 0. The zero-order valence-electron chi connectivity index (χ0n) is 14.6. The standard InChI is InChI=1S/C19H16N4O2S2/c1-23-18(25)10-5-2-3-7-12(10)20-19(23)26-9-14-21-16(24)15-11-6-4-8-13(11)27-17(15)22-14/h2-3,5,7H,4,6,8-9H2,1H3,(H,21,22,24). The first kappa shape index (κ1) is 16.7. The van der Waals surface area contributed by atoms with Crippen LogP contribution >= 0.6 is 23.1 Å². The van der Waals surface area contributed by atoms with Gasteiger partial charge in [-0.3, -0.25) is 14.2 Å². The molecule has 136 valence electrons. The number of H-pyrrole nitrogens is 1. The lowest BCUT2D eigenvalue weighted by Gasteiger charge is -2.08. The van der Waals surface area contributed by atoms with Crippen LogP contribution in [0.5, 0.6) is 0 Å². The van der Waals surface area contributed by atoms with Crippen molar-refractivity contribution in [3.63, 3.8) is 0 Å². The van der Waals surface area contributed by atoms with Gasteiger partial charge >= 0.3 is 0 Å². The monoisotopic (exact) mass is 396 g/mol. The molecule has 0 amide bonds. The number of aryl methyl sites for hydroxylation is 2. The van der Waals surface area contributed by atoms with Gasteiger partial charge in [0.05, 0.1) is 22.0 Å². The molecule has 0 fully saturated rings. The van der Waals surface area contributed by atoms with Gasteiger partial charge < -0.3 is 4.98 Å². The number of nitrogens with zero attached hydrogens (tertiary/aromatic N) is 3. The summed E-state index contributed by atoms with van der Waals surface area (Å²) >= 11 is 3.03. The highest BCUT2D eigenvalue weighted by Crippen LogP contribution is 2.34. The zero-order chi connectivity index (χ0) is 18.5. The molecule has 6 nitrogen and oxygen atoms in total. The molecule has 4 aromatic rings. The maximum Gasteiger partial charge on any atom is 0.261 e. The van der Waals surface area contributed by atoms with Gasteiger partial charge in [-0.15, -0.1) is 11.3 Å². The van der Waals surface area contributed by atoms with Crippen LogP contribution in [-0.4, -0.2) is 19.5 Å². The Hall–Kier alpha value is -2.45. The largest absolute Gasteiger partial charge is 0.309 e. The maximum absolute atomic E-state index is 12.6. The molecule has 27 heavy (non-hydrogen) atoms. The Bertz CT molecular complexity index is 1320. The zero-order valence-corrected chi connectivity index (χ0v) is 16.2. The highest BCUT2D eigenvalue weighted by atomic mass is 32.2. The van der Waals surface area contributed by atoms with Crippen LogP contribution in [0, 0.1) is 0 Å². The van der Waals surface area contributed by atoms with E-state index in [0.717, 1.165) is 29.5 Å². The molecule has 0 saturated heterocycles. The molecule has 0 aliphatic heterocycles. The average molecular weight is 396 g/mol. The molecule has 5 rings (SSSR count). The molecule has 0 unspecified atom stereocenters. The average Bonchev–Trinajstić information content (AvgIpc) is 3.24. The minimum atomic E-state index is -0.0744. The molecule has 0 saturated carbocycles. The van der Waals surface area contributed by atoms with E-state index >= 15 is 0 Å². The Kier molecular flexibility index (Phi) is 3.91. The number of aromatic nitrogens is 4. The Morgan fingerprint density at radius 2 is 2.07 bits per heavy atom. The minimum absolute atomic E-state index is 0.0599. The van der Waals surface area contributed by atoms with Gasteiger partial charge in [0, 0.05) is 11.9 Å². The van der Waals surface area contributed by atoms with E-state index in [-0.39, 0.29) is 11.1 Å². The van der Waals surface area contributed by atoms with Crippen LogP contribution in [0.15, 0.2) is 39.0 Å². The van der Waals surface area contributed by atoms with Gasteiger partial charge in [0.1, 0.15) is 10.7 Å². The summed E-state index contributed by atoms with van der Waals surface area (Å²) in [5.41, 5.74) is 1.72. The van der Waals surface area contributed by atoms with E-state index in [4.69, 9.17) is 0 Å². The first-order chi connectivity index (χ1) is 13.1. The second kappa shape index (κ2) is 6.31. The molecule has 1 aliphatic carbocycles. The molecule has 8 heteroatoms. The van der Waals surface area contributed by atoms with Gasteiger partial charge in [-0.2, -0.15) is 0 Å². The lowest BCUT2D eigenvalue weighted by atomic mass is 10.2. The van der Waals surface area contributed by atoms with E-state index in [1.165, 1.54) is 22.2 Å². The van der Waals surface area contributed by atoms with E-state index in [0.29, 0.717) is 27.6 Å². The third-order valence-electron chi connectivity index (χ3n) is 4.90. The van der Waals surface area contributed by atoms with Crippen LogP contribution in [0.25, 0.3) is 21.1 Å². The number of aromatic amines is 1. The van der Waals surface area contributed by atoms with Crippen molar-refractivity contribution in [2.24, 2.45) is 7.05 Å². The van der Waals surface area contributed by atoms with Gasteiger partial charge in [0.25, 0.3) is 11.1 Å². The SMILES string of the molecule is Cn1c(SCc2nc3sc4c(c3c(=O)[nH]2)CCC4)nc2ccccc2c1=O. The van der Waals surface area contributed by atoms with Crippen LogP contribution in [0.4, 0.5) is 0 Å². The van der Waals surface area contributed by atoms with Crippen molar-refractivity contribution >= 4 is 44.2 Å². The molecule has 3 heterocycles. The number of thiophene rings is 1. The molecule has 0 atom stereocenters. The van der Waals surface area contributed by atoms with E-state index < -0.39 is 0 Å². The molecule has 3 aromatic heterocycles. The Morgan fingerprint density at radius 3 is 2.96 bits per heavy atom. The summed E-state index contributed by atoms with van der Waals surface area (Å²) in [6.07, 6.45) is 3.14. The van der Waals surface area contributed by atoms with Gasteiger partial charge in [-0.05, 0) is 37.0 Å². The topological polar surface area (TPSA) is 80.6 Å². The van der Waals surface area contributed by atoms with Crippen LogP contribution in [-0.2, 0) is 25.6 Å². The number of nitrogens with one attached hydrogen (secondary N) is 1. The first-order valence-corrected chi connectivity index (χ1v) is 10.5. The molecule has 0 spiro atoms. The van der Waals surface area contributed by atoms with Crippen molar-refractivity contribution in [1.29, 1.82) is 0 Å². The first-order valence-electron chi connectivity index (χ1n) is 8.74. The predicted octanol–water partition coefficient (Wildman–Crippen LogP) is 3.01. The minimum Gasteiger partial charge on any atom is -0.309 e. The van der Waals surface area contributed by atoms with Crippen LogP contribution in [0.1, 0.15) is 22.7 Å². The fourth-order valence-corrected chi connectivity index (χ4v) is 5.70. The van der Waals surface area contributed by atoms with Crippen molar-refractivity contribution in [3.05, 3.63) is 61.2 Å². The summed E-state index contributed by atoms with van der Waals surface area (Å²) in [5, 5.41) is 1.97. The fourth-order valence-electron chi connectivity index (χ4n) is 3.57. The van der Waals surface area contributed by atoms with Crippen molar-refractivity contribution < 1.29 is 0 Å². The number of thioether (sulfide) groups is 1. The third-order valence-corrected chi connectivity index (χ3v) is 7.13. The fraction of sp³-hybridized carbons (Fsp3) is 0.263. The molecule has 1 aromatic carbocycles. The lowest BCUT2D eigenvalue weighted by molar-refractivity contribution is 0.725. The molecule has 1 N–H and O–H groups in total. The Labute approximate surface area is 162 Å². The van der Waals surface area contributed by atoms with Crippen molar-refractivity contribution in [2.45, 2.75) is 30.2 Å². The molecule has 1 aliphatic rings. The van der Waals surface area contributed by atoms with Crippen molar-refractivity contribution in [2.75, 3.05) is 0 Å². The molecule has 0 bridgehead atoms. The maximum atomic E-state index is 12.6. The number of hydrogen-bond acceptors (Lipinski definition) is 6. The molecule has 0 radical (unpaired) electrons. The van der Waals surface area contributed by atoms with Crippen LogP contribution in [0.2, 0.25) is 0 Å². The summed E-state index contributed by atoms with van der Waals surface area (Å²) in [7, 11) is 1.72. The second-order valence-electron chi connectivity index (χ2n) is 6.61. The van der Waals surface area contributed by atoms with E-state index in [2.05, 4.69) is 15.0 Å². The third kappa shape index (κ3) is 2.71. The van der Waals surface area contributed by atoms with Crippen molar-refractivity contribution in [1.82, 2.24) is 19.5 Å². The molecular formula is C19H16N4O2S2. The normalized spacial score (nSPS) is 13.5. The quantitative estimate of drug-likeness (QED) is 0.425. The number of benzene rings is 1. The number of fused-ring (bicyclic) bond motifs is 4. The predicted molar refractivity (Wildman–Crippen MR) is 109 cm³/mol. The number of rotatable bonds is 3. The lowest BCUT2D eigenvalue weighted by Crippen LogP contribution is -2.20. The van der Waals surface area contributed by atoms with E-state index in [1.54, 1.807) is 29.0 Å². The van der Waals surface area contributed by atoms with Crippen LogP contribution in [0.3, 0.4) is 0 Å². The summed E-state index contributed by atoms with van der Waals surface area (Å²) in [5.74, 6) is 1.06. The van der Waals surface area contributed by atoms with Gasteiger partial charge in [-0.25, -0.2) is 9.97 Å². The highest BCUT2D eigenvalue weighted by molar-refractivity contribution is 7.98. The number of para-hydroxylation sites is 1. The summed E-state index contributed by atoms with van der Waals surface area (Å²) in [6, 6.07) is 7.31. The van der Waals surface area contributed by atoms with E-state index in [9.17, 15) is 9.59 Å². The Balaban J connectivity index is 1.50. The van der Waals surface area contributed by atoms with Crippen molar-refractivity contribution in [3.8, 4) is 0 Å². The van der Waals surface area contributed by atoms with Gasteiger partial charge in [0.2, 0.25) is 0 Å². The second-order valence-corrected chi connectivity index (χ2v) is 8.64. The Morgan fingerprint density at radius 1 is 1.22 bits per heavy atom. The summed E-state index contributed by atoms with van der Waals surface area (Å²) in [4.78, 5) is 39.3. The summed E-state index contributed by atoms with van der Waals surface area (Å²) < 4.78 is 1.54. The highest BCUT2D eigenvalue weighted by Gasteiger charge is 2.21.